The van der Waals surface area contributed by atoms with Crippen molar-refractivity contribution >= 4 is 17.7 Å². The van der Waals surface area contributed by atoms with Gasteiger partial charge in [-0.2, -0.15) is 0 Å². The highest BCUT2D eigenvalue weighted by Gasteiger charge is 2.29. The number of amides is 1. The highest BCUT2D eigenvalue weighted by molar-refractivity contribution is 5.98. The molecule has 1 aromatic carbocycles. The van der Waals surface area contributed by atoms with E-state index in [2.05, 4.69) is 24.3 Å². The highest BCUT2D eigenvalue weighted by Crippen LogP contribution is 2.22. The first-order valence-electron chi connectivity index (χ1n) is 10.1. The minimum atomic E-state index is -0.858. The molecule has 1 fully saturated rings. The van der Waals surface area contributed by atoms with E-state index in [9.17, 15) is 14.4 Å². The first kappa shape index (κ1) is 20.8. The Balaban J connectivity index is 1.51. The lowest BCUT2D eigenvalue weighted by Crippen LogP contribution is -2.44. The summed E-state index contributed by atoms with van der Waals surface area (Å²) >= 11 is 0. The fraction of sp³-hybridized carbons (Fsp3) is 0.435. The Morgan fingerprint density at radius 1 is 1.14 bits per heavy atom. The summed E-state index contributed by atoms with van der Waals surface area (Å²) in [4.78, 5) is 38.4. The van der Waals surface area contributed by atoms with Crippen LogP contribution in [0.2, 0.25) is 0 Å². The second-order valence-corrected chi connectivity index (χ2v) is 7.79. The van der Waals surface area contributed by atoms with Gasteiger partial charge in [-0.3, -0.25) is 9.59 Å². The first-order chi connectivity index (χ1) is 13.8. The largest absolute Gasteiger partial charge is 0.448 e. The molecule has 0 radical (unpaired) electrons. The van der Waals surface area contributed by atoms with E-state index in [-0.39, 0.29) is 17.4 Å². The van der Waals surface area contributed by atoms with Crippen LogP contribution in [0.5, 0.6) is 0 Å². The molecule has 6 nitrogen and oxygen atoms in total. The molecule has 0 spiro atoms. The van der Waals surface area contributed by atoms with Crippen molar-refractivity contribution in [3.63, 3.8) is 0 Å². The number of piperidine rings is 1. The molecular formula is C23H28N2O4. The zero-order valence-corrected chi connectivity index (χ0v) is 17.3. The summed E-state index contributed by atoms with van der Waals surface area (Å²) in [6.07, 6.45) is 3.65. The van der Waals surface area contributed by atoms with Gasteiger partial charge in [0.05, 0.1) is 0 Å². The predicted octanol–water partition coefficient (Wildman–Crippen LogP) is 3.25. The third-order valence-corrected chi connectivity index (χ3v) is 5.55. The summed E-state index contributed by atoms with van der Waals surface area (Å²) in [7, 11) is 1.67. The Morgan fingerprint density at radius 3 is 2.38 bits per heavy atom. The normalized spacial score (nSPS) is 15.8. The summed E-state index contributed by atoms with van der Waals surface area (Å²) < 4.78 is 6.93. The van der Waals surface area contributed by atoms with Gasteiger partial charge >= 0.3 is 5.97 Å². The molecule has 1 aliphatic heterocycles. The zero-order valence-electron chi connectivity index (χ0n) is 17.3. The lowest BCUT2D eigenvalue weighted by atomic mass is 9.90. The van der Waals surface area contributed by atoms with Gasteiger partial charge in [-0.25, -0.2) is 4.79 Å². The third kappa shape index (κ3) is 5.13. The van der Waals surface area contributed by atoms with Crippen LogP contribution in [0.25, 0.3) is 0 Å². The van der Waals surface area contributed by atoms with E-state index in [0.29, 0.717) is 24.6 Å². The van der Waals surface area contributed by atoms with Gasteiger partial charge in [0, 0.05) is 31.9 Å². The lowest BCUT2D eigenvalue weighted by Gasteiger charge is -2.33. The van der Waals surface area contributed by atoms with Crippen molar-refractivity contribution in [3.05, 3.63) is 59.4 Å². The maximum absolute atomic E-state index is 12.7. The molecule has 1 atom stereocenters. The zero-order chi connectivity index (χ0) is 21.0. The van der Waals surface area contributed by atoms with E-state index >= 15 is 0 Å². The van der Waals surface area contributed by atoms with Crippen LogP contribution in [0.15, 0.2) is 42.6 Å². The topological polar surface area (TPSA) is 68.6 Å². The van der Waals surface area contributed by atoms with Crippen molar-refractivity contribution in [2.45, 2.75) is 39.2 Å². The molecule has 1 saturated heterocycles. The van der Waals surface area contributed by atoms with Gasteiger partial charge in [0.25, 0.3) is 5.91 Å². The van der Waals surface area contributed by atoms with Crippen molar-refractivity contribution in [1.29, 1.82) is 0 Å². The average Bonchev–Trinajstić information content (AvgIpc) is 3.11. The minimum Gasteiger partial charge on any atom is -0.448 e. The smallest absolute Gasteiger partial charge is 0.355 e. The predicted molar refractivity (Wildman–Crippen MR) is 110 cm³/mol. The molecule has 2 heterocycles. The number of hydrogen-bond donors (Lipinski definition) is 0. The Hall–Kier alpha value is -2.89. The first-order valence-corrected chi connectivity index (χ1v) is 10.1. The lowest BCUT2D eigenvalue weighted by molar-refractivity contribution is -0.141. The van der Waals surface area contributed by atoms with Crippen LogP contribution in [0.4, 0.5) is 0 Å². The number of Topliss-reactive ketones (excluding diaryl/α,β-unsaturated/α-hetero) is 1. The number of nitrogens with zero attached hydrogens (tertiary/aromatic N) is 2. The monoisotopic (exact) mass is 396 g/mol. The summed E-state index contributed by atoms with van der Waals surface area (Å²) in [5, 5.41) is 0. The number of esters is 1. The fourth-order valence-corrected chi connectivity index (χ4v) is 3.79. The molecule has 2 aromatic rings. The standard InChI is InChI=1S/C23H28N2O4/c1-16(26)20-14-21(24(3)15-20)23(28)29-17(2)22(27)25-11-9-19(10-12-25)13-18-7-5-4-6-8-18/h4-8,14-15,17,19H,9-13H2,1-3H3/t17-/m1/s1. The molecular weight excluding hydrogens is 368 g/mol. The van der Waals surface area contributed by atoms with Crippen molar-refractivity contribution in [2.24, 2.45) is 13.0 Å². The molecule has 1 amide bonds. The summed E-state index contributed by atoms with van der Waals surface area (Å²) in [5.74, 6) is -0.327. The van der Waals surface area contributed by atoms with Crippen LogP contribution in [0, 0.1) is 5.92 Å². The number of carbonyl (C=O) groups is 3. The van der Waals surface area contributed by atoms with E-state index in [1.807, 2.05) is 6.07 Å². The number of benzene rings is 1. The molecule has 0 bridgehead atoms. The minimum absolute atomic E-state index is 0.123. The van der Waals surface area contributed by atoms with Crippen LogP contribution < -0.4 is 0 Å². The van der Waals surface area contributed by atoms with Gasteiger partial charge in [0.1, 0.15) is 5.69 Å². The number of likely N-dealkylation sites (tertiary alicyclic amines) is 1. The van der Waals surface area contributed by atoms with E-state index < -0.39 is 12.1 Å². The summed E-state index contributed by atoms with van der Waals surface area (Å²) in [6.45, 7) is 4.40. The quantitative estimate of drug-likeness (QED) is 0.555. The van der Waals surface area contributed by atoms with Crippen LogP contribution in [-0.2, 0) is 23.0 Å². The molecule has 29 heavy (non-hydrogen) atoms. The van der Waals surface area contributed by atoms with Gasteiger partial charge in [-0.15, -0.1) is 0 Å². The van der Waals surface area contributed by atoms with Gasteiger partial charge < -0.3 is 14.2 Å². The SMILES string of the molecule is CC(=O)c1cc(C(=O)O[C@H](C)C(=O)N2CCC(Cc3ccccc3)CC2)n(C)c1. The Kier molecular flexibility index (Phi) is 6.52. The third-order valence-electron chi connectivity index (χ3n) is 5.55. The number of aromatic nitrogens is 1. The molecule has 1 aromatic heterocycles. The van der Waals surface area contributed by atoms with Crippen LogP contribution in [0.1, 0.15) is 53.1 Å². The van der Waals surface area contributed by atoms with Crippen molar-refractivity contribution in [1.82, 2.24) is 9.47 Å². The Bertz CT molecular complexity index is 880. The number of aryl methyl sites for hydroxylation is 1. The number of hydrogen-bond acceptors (Lipinski definition) is 4. The molecule has 154 valence electrons. The second-order valence-electron chi connectivity index (χ2n) is 7.79. The van der Waals surface area contributed by atoms with E-state index in [0.717, 1.165) is 19.3 Å². The van der Waals surface area contributed by atoms with Gasteiger partial charge in [-0.1, -0.05) is 30.3 Å². The number of rotatable bonds is 6. The molecule has 6 heteroatoms. The van der Waals surface area contributed by atoms with Gasteiger partial charge in [0.2, 0.25) is 0 Å². The molecule has 3 rings (SSSR count). The summed E-state index contributed by atoms with van der Waals surface area (Å²) in [5.41, 5.74) is 2.03. The molecule has 0 unspecified atom stereocenters. The van der Waals surface area contributed by atoms with Crippen molar-refractivity contribution < 1.29 is 19.1 Å². The van der Waals surface area contributed by atoms with E-state index in [1.165, 1.54) is 18.6 Å². The van der Waals surface area contributed by atoms with Crippen LogP contribution >= 0.6 is 0 Å². The van der Waals surface area contributed by atoms with Crippen LogP contribution in [-0.4, -0.2) is 46.3 Å². The molecule has 0 N–H and O–H groups in total. The van der Waals surface area contributed by atoms with E-state index in [1.54, 1.807) is 29.6 Å². The Morgan fingerprint density at radius 2 is 1.79 bits per heavy atom. The van der Waals surface area contributed by atoms with Crippen molar-refractivity contribution in [2.75, 3.05) is 13.1 Å². The number of ketones is 1. The Labute approximate surface area is 171 Å². The summed E-state index contributed by atoms with van der Waals surface area (Å²) in [6, 6.07) is 11.9. The molecule has 0 saturated carbocycles. The maximum Gasteiger partial charge on any atom is 0.355 e. The van der Waals surface area contributed by atoms with Crippen LogP contribution in [0.3, 0.4) is 0 Å². The molecule has 1 aliphatic rings. The fourth-order valence-electron chi connectivity index (χ4n) is 3.79. The highest BCUT2D eigenvalue weighted by atomic mass is 16.5. The number of ether oxygens (including phenoxy) is 1. The second kappa shape index (κ2) is 9.07. The average molecular weight is 396 g/mol. The van der Waals surface area contributed by atoms with E-state index in [4.69, 9.17) is 4.74 Å². The molecule has 0 aliphatic carbocycles. The number of carbonyl (C=O) groups excluding carboxylic acids is 3. The van der Waals surface area contributed by atoms with Gasteiger partial charge in [0.15, 0.2) is 11.9 Å². The van der Waals surface area contributed by atoms with Gasteiger partial charge in [-0.05, 0) is 50.7 Å². The maximum atomic E-state index is 12.7. The van der Waals surface area contributed by atoms with Crippen molar-refractivity contribution in [3.8, 4) is 0 Å².